The van der Waals surface area contributed by atoms with Crippen LogP contribution < -0.4 is 10.2 Å². The number of amides is 1. The van der Waals surface area contributed by atoms with Gasteiger partial charge in [-0.1, -0.05) is 17.7 Å². The molecule has 0 spiro atoms. The molecule has 0 radical (unpaired) electrons. The summed E-state index contributed by atoms with van der Waals surface area (Å²) in [4.78, 5) is 20.0. The molecular weight excluding hydrogens is 412 g/mol. The Morgan fingerprint density at radius 2 is 1.71 bits per heavy atom. The number of carbonyl (C=O) groups is 1. The van der Waals surface area contributed by atoms with E-state index in [9.17, 15) is 13.2 Å². The van der Waals surface area contributed by atoms with Crippen LogP contribution in [0.3, 0.4) is 0 Å². The van der Waals surface area contributed by atoms with E-state index in [1.807, 2.05) is 45.0 Å². The first kappa shape index (κ1) is 21.8. The summed E-state index contributed by atoms with van der Waals surface area (Å²) in [6.07, 6.45) is 5.16. The molecule has 2 aliphatic rings. The number of aryl methyl sites for hydroxylation is 3. The molecule has 2 aromatic rings. The highest BCUT2D eigenvalue weighted by Gasteiger charge is 2.40. The Kier molecular flexibility index (Phi) is 6.03. The van der Waals surface area contributed by atoms with E-state index in [4.69, 9.17) is 0 Å². The van der Waals surface area contributed by atoms with Crippen LogP contribution >= 0.6 is 0 Å². The number of hydrogen-bond acceptors (Lipinski definition) is 5. The van der Waals surface area contributed by atoms with E-state index in [1.54, 1.807) is 6.20 Å². The van der Waals surface area contributed by atoms with E-state index in [0.29, 0.717) is 41.1 Å². The molecule has 2 saturated heterocycles. The molecule has 1 N–H and O–H groups in total. The van der Waals surface area contributed by atoms with Crippen LogP contribution in [0.4, 0.5) is 11.5 Å². The van der Waals surface area contributed by atoms with Crippen LogP contribution in [0.25, 0.3) is 0 Å². The third-order valence-corrected chi connectivity index (χ3v) is 8.34. The van der Waals surface area contributed by atoms with Crippen molar-refractivity contribution in [3.05, 3.63) is 47.2 Å². The van der Waals surface area contributed by atoms with Crippen LogP contribution in [0, 0.1) is 20.8 Å². The standard InChI is InChI=1S/C23H30N4O3S/c1-16-13-17(2)22(18(3)14-16)31(29,30)27-12-6-7-20(27)23(28)25-19-8-9-21(24-15-19)26-10-4-5-11-26/h8-9,13-15,20H,4-7,10-12H2,1-3H3,(H,25,28). The largest absolute Gasteiger partial charge is 0.357 e. The topological polar surface area (TPSA) is 82.6 Å². The first-order valence-electron chi connectivity index (χ1n) is 10.9. The molecule has 1 atom stereocenters. The molecule has 0 saturated carbocycles. The highest BCUT2D eigenvalue weighted by atomic mass is 32.2. The zero-order valence-electron chi connectivity index (χ0n) is 18.4. The van der Waals surface area contributed by atoms with Gasteiger partial charge in [0.05, 0.1) is 16.8 Å². The molecule has 1 unspecified atom stereocenters. The van der Waals surface area contributed by atoms with Crippen LogP contribution in [0.1, 0.15) is 42.4 Å². The van der Waals surface area contributed by atoms with Gasteiger partial charge in [-0.2, -0.15) is 4.31 Å². The third-order valence-electron chi connectivity index (χ3n) is 6.12. The summed E-state index contributed by atoms with van der Waals surface area (Å²) in [6.45, 7) is 7.93. The Balaban J connectivity index is 1.52. The average Bonchev–Trinajstić information content (AvgIpc) is 3.40. The zero-order chi connectivity index (χ0) is 22.2. The Hall–Kier alpha value is -2.45. The van der Waals surface area contributed by atoms with Gasteiger partial charge in [-0.05, 0) is 69.7 Å². The molecule has 1 aromatic heterocycles. The fourth-order valence-electron chi connectivity index (χ4n) is 4.80. The molecule has 0 bridgehead atoms. The summed E-state index contributed by atoms with van der Waals surface area (Å²) in [6, 6.07) is 6.77. The van der Waals surface area contributed by atoms with Crippen molar-refractivity contribution in [2.75, 3.05) is 29.9 Å². The van der Waals surface area contributed by atoms with E-state index in [1.165, 1.54) is 17.1 Å². The second-order valence-electron chi connectivity index (χ2n) is 8.59. The molecule has 0 aliphatic carbocycles. The molecule has 8 heteroatoms. The van der Waals surface area contributed by atoms with E-state index in [2.05, 4.69) is 15.2 Å². The minimum atomic E-state index is -3.77. The number of sulfonamides is 1. The van der Waals surface area contributed by atoms with Gasteiger partial charge in [0, 0.05) is 19.6 Å². The maximum Gasteiger partial charge on any atom is 0.244 e. The van der Waals surface area contributed by atoms with Crippen LogP contribution in [0.2, 0.25) is 0 Å². The van der Waals surface area contributed by atoms with Gasteiger partial charge in [-0.3, -0.25) is 4.79 Å². The number of pyridine rings is 1. The number of aromatic nitrogens is 1. The minimum Gasteiger partial charge on any atom is -0.357 e. The quantitative estimate of drug-likeness (QED) is 0.767. The molecule has 3 heterocycles. The number of hydrogen-bond donors (Lipinski definition) is 1. The Morgan fingerprint density at radius 1 is 1.03 bits per heavy atom. The van der Waals surface area contributed by atoms with Gasteiger partial charge in [-0.15, -0.1) is 0 Å². The zero-order valence-corrected chi connectivity index (χ0v) is 19.2. The molecular formula is C23H30N4O3S. The Bertz CT molecular complexity index is 1050. The molecule has 2 aliphatic heterocycles. The molecule has 4 rings (SSSR count). The van der Waals surface area contributed by atoms with Crippen molar-refractivity contribution >= 4 is 27.4 Å². The van der Waals surface area contributed by atoms with Crippen LogP contribution in [0.15, 0.2) is 35.4 Å². The van der Waals surface area contributed by atoms with E-state index >= 15 is 0 Å². The summed E-state index contributed by atoms with van der Waals surface area (Å²) in [5.41, 5.74) is 3.03. The van der Waals surface area contributed by atoms with Crippen molar-refractivity contribution < 1.29 is 13.2 Å². The second kappa shape index (κ2) is 8.59. The number of rotatable bonds is 5. The second-order valence-corrected chi connectivity index (χ2v) is 10.4. The number of anilines is 2. The Labute approximate surface area is 184 Å². The molecule has 7 nitrogen and oxygen atoms in total. The molecule has 166 valence electrons. The van der Waals surface area contributed by atoms with Crippen LogP contribution in [0.5, 0.6) is 0 Å². The van der Waals surface area contributed by atoms with E-state index in [0.717, 1.165) is 24.5 Å². The normalized spacial score (nSPS) is 19.7. The van der Waals surface area contributed by atoms with Crippen molar-refractivity contribution in [1.29, 1.82) is 0 Å². The summed E-state index contributed by atoms with van der Waals surface area (Å²) in [5, 5.41) is 2.87. The van der Waals surface area contributed by atoms with E-state index in [-0.39, 0.29) is 5.91 Å². The summed E-state index contributed by atoms with van der Waals surface area (Å²) in [7, 11) is -3.77. The number of benzene rings is 1. The van der Waals surface area contributed by atoms with Gasteiger partial charge in [0.1, 0.15) is 11.9 Å². The minimum absolute atomic E-state index is 0.306. The lowest BCUT2D eigenvalue weighted by Gasteiger charge is -2.25. The summed E-state index contributed by atoms with van der Waals surface area (Å²) >= 11 is 0. The van der Waals surface area contributed by atoms with Crippen LogP contribution in [-0.2, 0) is 14.8 Å². The monoisotopic (exact) mass is 442 g/mol. The first-order valence-corrected chi connectivity index (χ1v) is 12.3. The molecule has 1 amide bonds. The van der Waals surface area contributed by atoms with Gasteiger partial charge >= 0.3 is 0 Å². The number of carbonyl (C=O) groups excluding carboxylic acids is 1. The summed E-state index contributed by atoms with van der Waals surface area (Å²) < 4.78 is 28.3. The first-order chi connectivity index (χ1) is 14.8. The van der Waals surface area contributed by atoms with Crippen molar-refractivity contribution in [3.8, 4) is 0 Å². The van der Waals surface area contributed by atoms with Gasteiger partial charge < -0.3 is 10.2 Å². The Morgan fingerprint density at radius 3 is 2.32 bits per heavy atom. The highest BCUT2D eigenvalue weighted by molar-refractivity contribution is 7.89. The predicted molar refractivity (Wildman–Crippen MR) is 122 cm³/mol. The van der Waals surface area contributed by atoms with Crippen molar-refractivity contribution in [1.82, 2.24) is 9.29 Å². The maximum atomic E-state index is 13.5. The fourth-order valence-corrected chi connectivity index (χ4v) is 6.87. The van der Waals surface area contributed by atoms with Gasteiger partial charge in [0.25, 0.3) is 0 Å². The molecule has 1 aromatic carbocycles. The van der Waals surface area contributed by atoms with Gasteiger partial charge in [0.2, 0.25) is 15.9 Å². The molecule has 2 fully saturated rings. The lowest BCUT2D eigenvalue weighted by atomic mass is 10.1. The third kappa shape index (κ3) is 4.32. The average molecular weight is 443 g/mol. The van der Waals surface area contributed by atoms with E-state index < -0.39 is 16.1 Å². The van der Waals surface area contributed by atoms with Crippen molar-refractivity contribution in [2.45, 2.75) is 57.4 Å². The van der Waals surface area contributed by atoms with Crippen molar-refractivity contribution in [2.24, 2.45) is 0 Å². The lowest BCUT2D eigenvalue weighted by Crippen LogP contribution is -2.43. The maximum absolute atomic E-state index is 13.5. The lowest BCUT2D eigenvalue weighted by molar-refractivity contribution is -0.119. The smallest absolute Gasteiger partial charge is 0.244 e. The van der Waals surface area contributed by atoms with Crippen LogP contribution in [-0.4, -0.2) is 49.3 Å². The fraction of sp³-hybridized carbons (Fsp3) is 0.478. The van der Waals surface area contributed by atoms with Crippen molar-refractivity contribution in [3.63, 3.8) is 0 Å². The predicted octanol–water partition coefficient (Wildman–Crippen LogP) is 3.40. The molecule has 31 heavy (non-hydrogen) atoms. The summed E-state index contributed by atoms with van der Waals surface area (Å²) in [5.74, 6) is 0.602. The number of nitrogens with one attached hydrogen (secondary N) is 1. The van der Waals surface area contributed by atoms with Gasteiger partial charge in [-0.25, -0.2) is 13.4 Å². The van der Waals surface area contributed by atoms with Gasteiger partial charge in [0.15, 0.2) is 0 Å². The highest BCUT2D eigenvalue weighted by Crippen LogP contribution is 2.31. The SMILES string of the molecule is Cc1cc(C)c(S(=O)(=O)N2CCCC2C(=O)Nc2ccc(N3CCCC3)nc2)c(C)c1. The number of nitrogens with zero attached hydrogens (tertiary/aromatic N) is 3.